The molecule has 0 nitrogen and oxygen atoms in total. The van der Waals surface area contributed by atoms with Crippen molar-refractivity contribution in [3.63, 3.8) is 0 Å². The summed E-state index contributed by atoms with van der Waals surface area (Å²) < 4.78 is 0. The maximum atomic E-state index is 6.22. The van der Waals surface area contributed by atoms with Crippen molar-refractivity contribution in [2.45, 2.75) is 40.0 Å². The molecule has 0 bridgehead atoms. The van der Waals surface area contributed by atoms with Gasteiger partial charge in [-0.2, -0.15) is 0 Å². The Morgan fingerprint density at radius 3 is 2.00 bits per heavy atom. The van der Waals surface area contributed by atoms with E-state index in [0.717, 1.165) is 5.02 Å². The molecule has 1 aromatic rings. The Kier molecular flexibility index (Phi) is 2.72. The van der Waals surface area contributed by atoms with Crippen molar-refractivity contribution in [2.24, 2.45) is 0 Å². The molecule has 0 spiro atoms. The molecule has 0 amide bonds. The Morgan fingerprint density at radius 2 is 1.62 bits per heavy atom. The molecule has 0 radical (unpaired) electrons. The van der Waals surface area contributed by atoms with E-state index in [-0.39, 0.29) is 5.41 Å². The first-order valence-electron chi connectivity index (χ1n) is 4.59. The highest BCUT2D eigenvalue weighted by Crippen LogP contribution is 2.32. The van der Waals surface area contributed by atoms with Crippen LogP contribution in [0.5, 0.6) is 0 Å². The van der Waals surface area contributed by atoms with Gasteiger partial charge in [0.1, 0.15) is 0 Å². The van der Waals surface area contributed by atoms with E-state index in [2.05, 4.69) is 40.7 Å². The second-order valence-electron chi connectivity index (χ2n) is 4.69. The van der Waals surface area contributed by atoms with Gasteiger partial charge in [-0.3, -0.25) is 0 Å². The number of aryl methyl sites for hydroxylation is 2. The molecule has 72 valence electrons. The minimum atomic E-state index is 0.134. The van der Waals surface area contributed by atoms with E-state index in [9.17, 15) is 0 Å². The summed E-state index contributed by atoms with van der Waals surface area (Å²) in [4.78, 5) is 0. The standard InChI is InChI=1S/C12H17Cl/c1-8-6-9(2)11(10(13)7-8)12(3,4)5/h6-7H,1-5H3. The van der Waals surface area contributed by atoms with Gasteiger partial charge in [-0.25, -0.2) is 0 Å². The molecule has 13 heavy (non-hydrogen) atoms. The first-order chi connectivity index (χ1) is 5.82. The predicted molar refractivity (Wildman–Crippen MR) is 59.6 cm³/mol. The maximum Gasteiger partial charge on any atom is 0.0448 e. The Balaban J connectivity index is 3.38. The molecule has 0 N–H and O–H groups in total. The van der Waals surface area contributed by atoms with Gasteiger partial charge >= 0.3 is 0 Å². The smallest absolute Gasteiger partial charge is 0.0448 e. The highest BCUT2D eigenvalue weighted by molar-refractivity contribution is 6.31. The normalized spacial score (nSPS) is 11.8. The lowest BCUT2D eigenvalue weighted by Gasteiger charge is -2.23. The highest BCUT2D eigenvalue weighted by atomic mass is 35.5. The van der Waals surface area contributed by atoms with Crippen molar-refractivity contribution in [3.05, 3.63) is 33.8 Å². The van der Waals surface area contributed by atoms with Crippen LogP contribution < -0.4 is 0 Å². The zero-order valence-electron chi connectivity index (χ0n) is 9.03. The average Bonchev–Trinajstić information content (AvgIpc) is 1.78. The van der Waals surface area contributed by atoms with Gasteiger partial charge in [0.05, 0.1) is 0 Å². The average molecular weight is 197 g/mol. The van der Waals surface area contributed by atoms with Crippen molar-refractivity contribution < 1.29 is 0 Å². The van der Waals surface area contributed by atoms with Gasteiger partial charge in [0.25, 0.3) is 0 Å². The van der Waals surface area contributed by atoms with Crippen molar-refractivity contribution in [3.8, 4) is 0 Å². The summed E-state index contributed by atoms with van der Waals surface area (Å²) in [6.07, 6.45) is 0. The number of benzene rings is 1. The molecule has 0 aromatic heterocycles. The minimum absolute atomic E-state index is 0.134. The topological polar surface area (TPSA) is 0 Å². The summed E-state index contributed by atoms with van der Waals surface area (Å²) in [5, 5.41) is 0.894. The second-order valence-corrected chi connectivity index (χ2v) is 5.10. The van der Waals surface area contributed by atoms with Gasteiger partial charge in [-0.05, 0) is 42.0 Å². The molecule has 1 rings (SSSR count). The predicted octanol–water partition coefficient (Wildman–Crippen LogP) is 4.25. The molecule has 0 aliphatic rings. The van der Waals surface area contributed by atoms with Gasteiger partial charge in [-0.15, -0.1) is 0 Å². The highest BCUT2D eigenvalue weighted by Gasteiger charge is 2.19. The number of hydrogen-bond acceptors (Lipinski definition) is 0. The summed E-state index contributed by atoms with van der Waals surface area (Å²) in [5.74, 6) is 0. The molecule has 0 aliphatic heterocycles. The van der Waals surface area contributed by atoms with E-state index in [1.54, 1.807) is 0 Å². The molecule has 0 atom stereocenters. The van der Waals surface area contributed by atoms with Crippen molar-refractivity contribution >= 4 is 11.6 Å². The SMILES string of the molecule is Cc1cc(C)c(C(C)(C)C)c(Cl)c1. The van der Waals surface area contributed by atoms with Crippen LogP contribution in [-0.2, 0) is 5.41 Å². The van der Waals surface area contributed by atoms with Crippen LogP contribution in [0, 0.1) is 13.8 Å². The first kappa shape index (κ1) is 10.6. The monoisotopic (exact) mass is 196 g/mol. The van der Waals surface area contributed by atoms with E-state index in [1.165, 1.54) is 16.7 Å². The molecular weight excluding hydrogens is 180 g/mol. The second kappa shape index (κ2) is 3.34. The lowest BCUT2D eigenvalue weighted by atomic mass is 9.83. The van der Waals surface area contributed by atoms with Gasteiger partial charge in [0.15, 0.2) is 0 Å². The van der Waals surface area contributed by atoms with Gasteiger partial charge < -0.3 is 0 Å². The zero-order valence-corrected chi connectivity index (χ0v) is 9.79. The largest absolute Gasteiger partial charge is 0.0840 e. The maximum absolute atomic E-state index is 6.22. The van der Waals surface area contributed by atoms with Crippen molar-refractivity contribution in [1.82, 2.24) is 0 Å². The van der Waals surface area contributed by atoms with Crippen LogP contribution in [0.3, 0.4) is 0 Å². The molecule has 0 fully saturated rings. The molecular formula is C12H17Cl. The summed E-state index contributed by atoms with van der Waals surface area (Å²) >= 11 is 6.22. The molecule has 1 heteroatoms. The van der Waals surface area contributed by atoms with Crippen LogP contribution in [-0.4, -0.2) is 0 Å². The van der Waals surface area contributed by atoms with E-state index < -0.39 is 0 Å². The number of rotatable bonds is 0. The summed E-state index contributed by atoms with van der Waals surface area (Å²) in [7, 11) is 0. The quantitative estimate of drug-likeness (QED) is 0.582. The van der Waals surface area contributed by atoms with Crippen LogP contribution in [0.1, 0.15) is 37.5 Å². The Labute approximate surface area is 85.9 Å². The van der Waals surface area contributed by atoms with Crippen LogP contribution in [0.25, 0.3) is 0 Å². The van der Waals surface area contributed by atoms with Crippen LogP contribution in [0.15, 0.2) is 12.1 Å². The fraction of sp³-hybridized carbons (Fsp3) is 0.500. The third-order valence-corrected chi connectivity index (χ3v) is 2.48. The van der Waals surface area contributed by atoms with E-state index in [0.29, 0.717) is 0 Å². The van der Waals surface area contributed by atoms with Crippen LogP contribution in [0.4, 0.5) is 0 Å². The molecule has 0 aliphatic carbocycles. The zero-order chi connectivity index (χ0) is 10.2. The Hall–Kier alpha value is -0.490. The van der Waals surface area contributed by atoms with E-state index >= 15 is 0 Å². The molecule has 1 aromatic carbocycles. The fourth-order valence-corrected chi connectivity index (χ4v) is 2.47. The lowest BCUT2D eigenvalue weighted by molar-refractivity contribution is 0.586. The summed E-state index contributed by atoms with van der Waals surface area (Å²) in [6.45, 7) is 10.8. The summed E-state index contributed by atoms with van der Waals surface area (Å²) in [6, 6.07) is 4.22. The van der Waals surface area contributed by atoms with Gasteiger partial charge in [-0.1, -0.05) is 38.4 Å². The number of halogens is 1. The van der Waals surface area contributed by atoms with Crippen LogP contribution in [0.2, 0.25) is 5.02 Å². The molecule has 0 saturated carbocycles. The van der Waals surface area contributed by atoms with Crippen molar-refractivity contribution in [1.29, 1.82) is 0 Å². The molecule has 0 unspecified atom stereocenters. The van der Waals surface area contributed by atoms with Crippen molar-refractivity contribution in [2.75, 3.05) is 0 Å². The van der Waals surface area contributed by atoms with Gasteiger partial charge in [0, 0.05) is 5.02 Å². The fourth-order valence-electron chi connectivity index (χ4n) is 1.87. The molecule has 0 heterocycles. The Bertz CT molecular complexity index is 295. The molecule has 0 saturated heterocycles. The third-order valence-electron chi connectivity index (χ3n) is 2.18. The number of hydrogen-bond donors (Lipinski definition) is 0. The van der Waals surface area contributed by atoms with Gasteiger partial charge in [0.2, 0.25) is 0 Å². The van der Waals surface area contributed by atoms with Crippen LogP contribution >= 0.6 is 11.6 Å². The van der Waals surface area contributed by atoms with E-state index in [1.807, 2.05) is 6.07 Å². The first-order valence-corrected chi connectivity index (χ1v) is 4.97. The van der Waals surface area contributed by atoms with E-state index in [4.69, 9.17) is 11.6 Å². The summed E-state index contributed by atoms with van der Waals surface area (Å²) in [5.41, 5.74) is 3.92. The Morgan fingerprint density at radius 1 is 1.08 bits per heavy atom. The third kappa shape index (κ3) is 2.25. The minimum Gasteiger partial charge on any atom is -0.0840 e. The lowest BCUT2D eigenvalue weighted by Crippen LogP contribution is -2.14.